The number of rotatable bonds is 3. The summed E-state index contributed by atoms with van der Waals surface area (Å²) in [6, 6.07) is 8.61. The van der Waals surface area contributed by atoms with Crippen LogP contribution < -0.4 is 0 Å². The maximum Gasteiger partial charge on any atom is 0.275 e. The summed E-state index contributed by atoms with van der Waals surface area (Å²) in [7, 11) is 4.19. The number of carbonyl (C=O) groups is 1. The van der Waals surface area contributed by atoms with Crippen LogP contribution in [0.25, 0.3) is 10.9 Å². The third-order valence-corrected chi connectivity index (χ3v) is 7.52. The number of hydrogen-bond donors (Lipinski definition) is 0. The Kier molecular flexibility index (Phi) is 5.29. The van der Waals surface area contributed by atoms with Crippen molar-refractivity contribution in [2.75, 3.05) is 59.5 Å². The molecule has 0 saturated carbocycles. The predicted molar refractivity (Wildman–Crippen MR) is 117 cm³/mol. The number of hydrogen-bond acceptors (Lipinski definition) is 5. The van der Waals surface area contributed by atoms with Gasteiger partial charge in [0.25, 0.3) is 5.91 Å². The predicted octanol–water partition coefficient (Wildman–Crippen LogP) is 1.83. The smallest absolute Gasteiger partial charge is 0.275 e. The Bertz CT molecular complexity index is 911. The van der Waals surface area contributed by atoms with Crippen molar-refractivity contribution in [2.45, 2.75) is 25.3 Å². The Balaban J connectivity index is 1.23. The maximum atomic E-state index is 13.2. The van der Waals surface area contributed by atoms with E-state index >= 15 is 0 Å². The van der Waals surface area contributed by atoms with Crippen LogP contribution in [0, 0.1) is 5.41 Å². The molecule has 162 valence electrons. The molecule has 0 bridgehead atoms. The molecule has 5 rings (SSSR count). The fraction of sp³-hybridized carbons (Fsp3) is 0.652. The normalized spacial score (nSPS) is 25.4. The SMILES string of the molecule is CN1CC2(CCN(C(=O)c3nn(C)c4ccccc34)CC2)CC1CN1CCOCC1. The van der Waals surface area contributed by atoms with E-state index in [0.29, 0.717) is 17.2 Å². The first-order valence-corrected chi connectivity index (χ1v) is 11.3. The lowest BCUT2D eigenvalue weighted by Crippen LogP contribution is -2.44. The van der Waals surface area contributed by atoms with Crippen molar-refractivity contribution < 1.29 is 9.53 Å². The minimum atomic E-state index is 0.0814. The molecule has 1 amide bonds. The molecule has 1 aromatic heterocycles. The van der Waals surface area contributed by atoms with Gasteiger partial charge in [-0.05, 0) is 37.8 Å². The molecule has 2 aromatic rings. The summed E-state index contributed by atoms with van der Waals surface area (Å²) in [5, 5.41) is 5.50. The minimum Gasteiger partial charge on any atom is -0.379 e. The zero-order valence-electron chi connectivity index (χ0n) is 18.2. The number of morpholine rings is 1. The molecule has 1 atom stereocenters. The van der Waals surface area contributed by atoms with Gasteiger partial charge in [0.1, 0.15) is 0 Å². The monoisotopic (exact) mass is 411 g/mol. The molecule has 1 aromatic carbocycles. The highest BCUT2D eigenvalue weighted by atomic mass is 16.5. The molecule has 0 aliphatic carbocycles. The number of aromatic nitrogens is 2. The second-order valence-electron chi connectivity index (χ2n) is 9.47. The lowest BCUT2D eigenvalue weighted by Gasteiger charge is -2.39. The van der Waals surface area contributed by atoms with Gasteiger partial charge in [-0.3, -0.25) is 14.4 Å². The van der Waals surface area contributed by atoms with Gasteiger partial charge in [-0.1, -0.05) is 18.2 Å². The van der Waals surface area contributed by atoms with E-state index in [4.69, 9.17) is 4.74 Å². The summed E-state index contributed by atoms with van der Waals surface area (Å²) in [5.74, 6) is 0.0814. The van der Waals surface area contributed by atoms with Crippen molar-refractivity contribution in [3.63, 3.8) is 0 Å². The van der Waals surface area contributed by atoms with Crippen molar-refractivity contribution in [1.82, 2.24) is 24.5 Å². The average Bonchev–Trinajstić information content (AvgIpc) is 3.26. The molecule has 1 spiro atoms. The van der Waals surface area contributed by atoms with E-state index in [1.807, 2.05) is 40.9 Å². The van der Waals surface area contributed by atoms with Crippen LogP contribution in [-0.4, -0.2) is 96.0 Å². The molecule has 7 heteroatoms. The van der Waals surface area contributed by atoms with E-state index in [1.165, 1.54) is 6.42 Å². The minimum absolute atomic E-state index is 0.0814. The van der Waals surface area contributed by atoms with Crippen molar-refractivity contribution in [1.29, 1.82) is 0 Å². The zero-order chi connectivity index (χ0) is 20.7. The highest BCUT2D eigenvalue weighted by Gasteiger charge is 2.45. The molecular formula is C23H33N5O2. The van der Waals surface area contributed by atoms with Crippen LogP contribution in [0.2, 0.25) is 0 Å². The Morgan fingerprint density at radius 1 is 1.13 bits per heavy atom. The molecule has 0 radical (unpaired) electrons. The average molecular weight is 412 g/mol. The number of carbonyl (C=O) groups excluding carboxylic acids is 1. The molecule has 3 aliphatic rings. The summed E-state index contributed by atoms with van der Waals surface area (Å²) >= 11 is 0. The van der Waals surface area contributed by atoms with E-state index in [0.717, 1.165) is 76.2 Å². The molecule has 1 unspecified atom stereocenters. The summed E-state index contributed by atoms with van der Waals surface area (Å²) in [6.45, 7) is 7.79. The summed E-state index contributed by atoms with van der Waals surface area (Å²) in [6.07, 6.45) is 3.43. The lowest BCUT2D eigenvalue weighted by atomic mass is 9.76. The molecular weight excluding hydrogens is 378 g/mol. The van der Waals surface area contributed by atoms with Crippen molar-refractivity contribution in [3.8, 4) is 0 Å². The Morgan fingerprint density at radius 2 is 1.87 bits per heavy atom. The zero-order valence-corrected chi connectivity index (χ0v) is 18.2. The fourth-order valence-electron chi connectivity index (χ4n) is 5.73. The molecule has 7 nitrogen and oxygen atoms in total. The number of nitrogens with zero attached hydrogens (tertiary/aromatic N) is 5. The van der Waals surface area contributed by atoms with Gasteiger partial charge in [0, 0.05) is 57.7 Å². The van der Waals surface area contributed by atoms with Crippen molar-refractivity contribution in [2.24, 2.45) is 12.5 Å². The standard InChI is InChI=1S/C23H33N5O2/c1-25-17-23(15-18(25)16-27-11-13-30-14-12-27)7-9-28(10-8-23)22(29)21-19-5-3-4-6-20(19)26(2)24-21/h3-6,18H,7-17H2,1-2H3. The quantitative estimate of drug-likeness (QED) is 0.771. The number of piperidine rings is 1. The van der Waals surface area contributed by atoms with E-state index in [1.54, 1.807) is 0 Å². The number of amides is 1. The third-order valence-electron chi connectivity index (χ3n) is 7.52. The first-order chi connectivity index (χ1) is 14.5. The van der Waals surface area contributed by atoms with Crippen molar-refractivity contribution in [3.05, 3.63) is 30.0 Å². The summed E-state index contributed by atoms with van der Waals surface area (Å²) < 4.78 is 7.32. The molecule has 0 N–H and O–H groups in total. The maximum absolute atomic E-state index is 13.2. The first kappa shape index (κ1) is 20.0. The van der Waals surface area contributed by atoms with Gasteiger partial charge in [-0.15, -0.1) is 0 Å². The number of aryl methyl sites for hydroxylation is 1. The van der Waals surface area contributed by atoms with Gasteiger partial charge in [0.15, 0.2) is 5.69 Å². The van der Waals surface area contributed by atoms with Crippen LogP contribution in [-0.2, 0) is 11.8 Å². The number of para-hydroxylation sites is 1. The summed E-state index contributed by atoms with van der Waals surface area (Å²) in [5.41, 5.74) is 1.96. The number of ether oxygens (including phenoxy) is 1. The van der Waals surface area contributed by atoms with Gasteiger partial charge >= 0.3 is 0 Å². The summed E-state index contributed by atoms with van der Waals surface area (Å²) in [4.78, 5) is 20.4. The molecule has 30 heavy (non-hydrogen) atoms. The van der Waals surface area contributed by atoms with E-state index in [2.05, 4.69) is 21.9 Å². The van der Waals surface area contributed by atoms with Crippen molar-refractivity contribution >= 4 is 16.8 Å². The van der Waals surface area contributed by atoms with Crippen LogP contribution in [0.15, 0.2) is 24.3 Å². The van der Waals surface area contributed by atoms with Crippen LogP contribution in [0.4, 0.5) is 0 Å². The van der Waals surface area contributed by atoms with Gasteiger partial charge in [0.05, 0.1) is 18.7 Å². The molecule has 3 aliphatic heterocycles. The highest BCUT2D eigenvalue weighted by Crippen LogP contribution is 2.43. The topological polar surface area (TPSA) is 53.8 Å². The second-order valence-corrected chi connectivity index (χ2v) is 9.47. The van der Waals surface area contributed by atoms with Gasteiger partial charge in [0.2, 0.25) is 0 Å². The van der Waals surface area contributed by atoms with Crippen LogP contribution in [0.1, 0.15) is 29.8 Å². The van der Waals surface area contributed by atoms with Gasteiger partial charge < -0.3 is 14.5 Å². The fourth-order valence-corrected chi connectivity index (χ4v) is 5.73. The number of likely N-dealkylation sites (N-methyl/N-ethyl adjacent to an activating group) is 1. The van der Waals surface area contributed by atoms with Gasteiger partial charge in [-0.25, -0.2) is 0 Å². The van der Waals surface area contributed by atoms with Crippen LogP contribution >= 0.6 is 0 Å². The number of fused-ring (bicyclic) bond motifs is 1. The Labute approximate surface area is 178 Å². The van der Waals surface area contributed by atoms with Gasteiger partial charge in [-0.2, -0.15) is 5.10 Å². The highest BCUT2D eigenvalue weighted by molar-refractivity contribution is 6.04. The Morgan fingerprint density at radius 3 is 2.63 bits per heavy atom. The molecule has 4 heterocycles. The number of likely N-dealkylation sites (tertiary alicyclic amines) is 2. The van der Waals surface area contributed by atoms with E-state index < -0.39 is 0 Å². The second kappa shape index (κ2) is 7.94. The lowest BCUT2D eigenvalue weighted by molar-refractivity contribution is 0.0283. The van der Waals surface area contributed by atoms with Crippen LogP contribution in [0.5, 0.6) is 0 Å². The third kappa shape index (κ3) is 3.63. The molecule has 3 saturated heterocycles. The molecule has 3 fully saturated rings. The Hall–Kier alpha value is -1.96. The van der Waals surface area contributed by atoms with E-state index in [9.17, 15) is 4.79 Å². The number of benzene rings is 1. The van der Waals surface area contributed by atoms with E-state index in [-0.39, 0.29) is 5.91 Å². The largest absolute Gasteiger partial charge is 0.379 e. The first-order valence-electron chi connectivity index (χ1n) is 11.3. The van der Waals surface area contributed by atoms with Crippen LogP contribution in [0.3, 0.4) is 0 Å².